The lowest BCUT2D eigenvalue weighted by atomic mass is 10.1. The second-order valence-electron chi connectivity index (χ2n) is 3.27. The van der Waals surface area contributed by atoms with Crippen LogP contribution < -0.4 is 0 Å². The lowest BCUT2D eigenvalue weighted by molar-refractivity contribution is 0.112. The van der Waals surface area contributed by atoms with Gasteiger partial charge in [-0.2, -0.15) is 5.10 Å². The molecular formula is C11H9ClN2O. The van der Waals surface area contributed by atoms with Gasteiger partial charge in [0.1, 0.15) is 6.29 Å². The first-order valence-electron chi connectivity index (χ1n) is 4.47. The molecule has 0 unspecified atom stereocenters. The van der Waals surface area contributed by atoms with Gasteiger partial charge in [-0.15, -0.1) is 0 Å². The van der Waals surface area contributed by atoms with Crippen molar-refractivity contribution in [1.82, 2.24) is 9.78 Å². The molecule has 0 aliphatic rings. The van der Waals surface area contributed by atoms with Crippen molar-refractivity contribution in [2.24, 2.45) is 0 Å². The molecule has 0 bridgehead atoms. The number of hydrogen-bond acceptors (Lipinski definition) is 2. The molecule has 0 fully saturated rings. The average molecular weight is 221 g/mol. The van der Waals surface area contributed by atoms with Gasteiger partial charge in [0.2, 0.25) is 0 Å². The van der Waals surface area contributed by atoms with E-state index in [0.29, 0.717) is 10.6 Å². The minimum absolute atomic E-state index is 0.592. The van der Waals surface area contributed by atoms with Crippen LogP contribution in [0.5, 0.6) is 0 Å². The third-order valence-electron chi connectivity index (χ3n) is 2.15. The van der Waals surface area contributed by atoms with E-state index >= 15 is 0 Å². The third kappa shape index (κ3) is 1.92. The summed E-state index contributed by atoms with van der Waals surface area (Å²) in [6, 6.07) is 5.42. The summed E-state index contributed by atoms with van der Waals surface area (Å²) in [5.74, 6) is 0. The lowest BCUT2D eigenvalue weighted by Crippen LogP contribution is -1.97. The van der Waals surface area contributed by atoms with Gasteiger partial charge in [-0.05, 0) is 30.7 Å². The molecule has 2 rings (SSSR count). The van der Waals surface area contributed by atoms with Gasteiger partial charge < -0.3 is 0 Å². The summed E-state index contributed by atoms with van der Waals surface area (Å²) >= 11 is 5.78. The summed E-state index contributed by atoms with van der Waals surface area (Å²) in [5, 5.41) is 4.69. The second kappa shape index (κ2) is 3.87. The number of aryl methyl sites for hydroxylation is 1. The largest absolute Gasteiger partial charge is 0.298 e. The van der Waals surface area contributed by atoms with E-state index in [9.17, 15) is 4.79 Å². The number of nitrogens with zero attached hydrogens (tertiary/aromatic N) is 2. The molecule has 1 aromatic heterocycles. The van der Waals surface area contributed by atoms with Crippen LogP contribution in [0.3, 0.4) is 0 Å². The lowest BCUT2D eigenvalue weighted by Gasteiger charge is -2.05. The molecule has 2 aromatic rings. The van der Waals surface area contributed by atoms with Gasteiger partial charge in [0, 0.05) is 11.8 Å². The van der Waals surface area contributed by atoms with E-state index in [0.717, 1.165) is 17.5 Å². The van der Waals surface area contributed by atoms with Crippen molar-refractivity contribution in [3.8, 4) is 5.69 Å². The third-order valence-corrected chi connectivity index (χ3v) is 2.35. The minimum atomic E-state index is 0.592. The number of carbonyl (C=O) groups is 1. The van der Waals surface area contributed by atoms with E-state index in [1.165, 1.54) is 0 Å². The molecule has 0 aliphatic heterocycles. The summed E-state index contributed by atoms with van der Waals surface area (Å²) in [6.07, 6.45) is 4.13. The average Bonchev–Trinajstić information content (AvgIpc) is 2.64. The molecule has 0 spiro atoms. The highest BCUT2D eigenvalue weighted by atomic mass is 35.5. The first-order chi connectivity index (χ1) is 7.20. The van der Waals surface area contributed by atoms with Crippen LogP contribution in [0.4, 0.5) is 0 Å². The molecule has 3 nitrogen and oxygen atoms in total. The normalized spacial score (nSPS) is 10.3. The van der Waals surface area contributed by atoms with Crippen LogP contribution in [0.15, 0.2) is 30.6 Å². The standard InChI is InChI=1S/C11H9ClN2O/c1-8-4-9(7-15)2-3-11(8)14-6-10(12)5-13-14/h2-7H,1H3. The van der Waals surface area contributed by atoms with Crippen molar-refractivity contribution in [3.63, 3.8) is 0 Å². The van der Waals surface area contributed by atoms with Crippen molar-refractivity contribution in [3.05, 3.63) is 46.7 Å². The summed E-state index contributed by atoms with van der Waals surface area (Å²) in [7, 11) is 0. The van der Waals surface area contributed by atoms with Gasteiger partial charge in [-0.1, -0.05) is 11.6 Å². The number of hydrogen-bond donors (Lipinski definition) is 0. The first-order valence-corrected chi connectivity index (χ1v) is 4.85. The fourth-order valence-electron chi connectivity index (χ4n) is 1.44. The number of aromatic nitrogens is 2. The predicted molar refractivity (Wildman–Crippen MR) is 58.7 cm³/mol. The Labute approximate surface area is 92.3 Å². The van der Waals surface area contributed by atoms with E-state index in [1.54, 1.807) is 23.1 Å². The zero-order valence-corrected chi connectivity index (χ0v) is 8.90. The molecular weight excluding hydrogens is 212 g/mol. The highest BCUT2D eigenvalue weighted by molar-refractivity contribution is 6.30. The maximum atomic E-state index is 10.6. The Bertz CT molecular complexity index is 505. The van der Waals surface area contributed by atoms with Crippen molar-refractivity contribution >= 4 is 17.9 Å². The predicted octanol–water partition coefficient (Wildman–Crippen LogP) is 2.65. The Morgan fingerprint density at radius 1 is 1.47 bits per heavy atom. The monoisotopic (exact) mass is 220 g/mol. The molecule has 0 radical (unpaired) electrons. The van der Waals surface area contributed by atoms with Crippen LogP contribution in [0.1, 0.15) is 15.9 Å². The molecule has 1 heterocycles. The fourth-order valence-corrected chi connectivity index (χ4v) is 1.58. The van der Waals surface area contributed by atoms with Crippen LogP contribution in [0.25, 0.3) is 5.69 Å². The van der Waals surface area contributed by atoms with E-state index in [4.69, 9.17) is 11.6 Å². The number of halogens is 1. The highest BCUT2D eigenvalue weighted by Gasteiger charge is 2.03. The molecule has 0 N–H and O–H groups in total. The van der Waals surface area contributed by atoms with Gasteiger partial charge in [-0.3, -0.25) is 4.79 Å². The van der Waals surface area contributed by atoms with E-state index < -0.39 is 0 Å². The molecule has 0 atom stereocenters. The summed E-state index contributed by atoms with van der Waals surface area (Å²) in [6.45, 7) is 1.93. The van der Waals surface area contributed by atoms with E-state index in [-0.39, 0.29) is 0 Å². The molecule has 15 heavy (non-hydrogen) atoms. The molecule has 0 aliphatic carbocycles. The SMILES string of the molecule is Cc1cc(C=O)ccc1-n1cc(Cl)cn1. The maximum absolute atomic E-state index is 10.6. The number of carbonyl (C=O) groups excluding carboxylic acids is 1. The Balaban J connectivity index is 2.49. The minimum Gasteiger partial charge on any atom is -0.298 e. The van der Waals surface area contributed by atoms with Gasteiger partial charge in [0.05, 0.1) is 16.9 Å². The molecule has 76 valence electrons. The van der Waals surface area contributed by atoms with Gasteiger partial charge >= 0.3 is 0 Å². The van der Waals surface area contributed by atoms with Crippen molar-refractivity contribution in [2.75, 3.05) is 0 Å². The summed E-state index contributed by atoms with van der Waals surface area (Å²) < 4.78 is 1.69. The Morgan fingerprint density at radius 3 is 2.80 bits per heavy atom. The molecule has 0 saturated carbocycles. The zero-order chi connectivity index (χ0) is 10.8. The van der Waals surface area contributed by atoms with Crippen LogP contribution in [0.2, 0.25) is 5.02 Å². The van der Waals surface area contributed by atoms with Crippen LogP contribution >= 0.6 is 11.6 Å². The number of benzene rings is 1. The first kappa shape index (κ1) is 9.93. The topological polar surface area (TPSA) is 34.9 Å². The quantitative estimate of drug-likeness (QED) is 0.730. The van der Waals surface area contributed by atoms with Crippen LogP contribution in [-0.2, 0) is 0 Å². The van der Waals surface area contributed by atoms with Gasteiger partial charge in [-0.25, -0.2) is 4.68 Å². The fraction of sp³-hybridized carbons (Fsp3) is 0.0909. The van der Waals surface area contributed by atoms with E-state index in [1.807, 2.05) is 19.1 Å². The van der Waals surface area contributed by atoms with Crippen LogP contribution in [0, 0.1) is 6.92 Å². The molecule has 4 heteroatoms. The maximum Gasteiger partial charge on any atom is 0.150 e. The smallest absolute Gasteiger partial charge is 0.150 e. The van der Waals surface area contributed by atoms with E-state index in [2.05, 4.69) is 5.10 Å². The summed E-state index contributed by atoms with van der Waals surface area (Å²) in [4.78, 5) is 10.6. The van der Waals surface area contributed by atoms with Crippen molar-refractivity contribution in [2.45, 2.75) is 6.92 Å². The van der Waals surface area contributed by atoms with Crippen molar-refractivity contribution in [1.29, 1.82) is 0 Å². The van der Waals surface area contributed by atoms with Gasteiger partial charge in [0.25, 0.3) is 0 Å². The Morgan fingerprint density at radius 2 is 2.27 bits per heavy atom. The Kier molecular flexibility index (Phi) is 2.56. The molecule has 0 saturated heterocycles. The van der Waals surface area contributed by atoms with Crippen LogP contribution in [-0.4, -0.2) is 16.1 Å². The van der Waals surface area contributed by atoms with Crippen molar-refractivity contribution < 1.29 is 4.79 Å². The number of rotatable bonds is 2. The Hall–Kier alpha value is -1.61. The molecule has 0 amide bonds. The molecule has 1 aromatic carbocycles. The second-order valence-corrected chi connectivity index (χ2v) is 3.70. The zero-order valence-electron chi connectivity index (χ0n) is 8.14. The summed E-state index contributed by atoms with van der Waals surface area (Å²) in [5.41, 5.74) is 2.57. The van der Waals surface area contributed by atoms with Gasteiger partial charge in [0.15, 0.2) is 0 Å². The highest BCUT2D eigenvalue weighted by Crippen LogP contribution is 2.16. The number of aldehydes is 1.